The number of fused-ring (bicyclic) bond motifs is 10. The van der Waals surface area contributed by atoms with Crippen molar-refractivity contribution in [2.75, 3.05) is 4.90 Å². The van der Waals surface area contributed by atoms with E-state index in [1.165, 1.54) is 22.3 Å². The molecule has 214 valence electrons. The first-order valence-corrected chi connectivity index (χ1v) is 15.6. The van der Waals surface area contributed by atoms with E-state index >= 15 is 4.39 Å². The van der Waals surface area contributed by atoms with E-state index in [1.807, 2.05) is 30.3 Å². The molecule has 0 bridgehead atoms. The van der Waals surface area contributed by atoms with E-state index in [1.54, 1.807) is 0 Å². The minimum atomic E-state index is -0.217. The van der Waals surface area contributed by atoms with Crippen molar-refractivity contribution in [2.24, 2.45) is 0 Å². The quantitative estimate of drug-likeness (QED) is 0.188. The number of halogens is 1. The molecule has 0 unspecified atom stereocenters. The van der Waals surface area contributed by atoms with E-state index in [9.17, 15) is 0 Å². The van der Waals surface area contributed by atoms with Crippen LogP contribution < -0.4 is 4.90 Å². The van der Waals surface area contributed by atoms with Crippen LogP contribution in [0.4, 0.5) is 21.5 Å². The fourth-order valence-electron chi connectivity index (χ4n) is 7.69. The van der Waals surface area contributed by atoms with E-state index < -0.39 is 0 Å². The summed E-state index contributed by atoms with van der Waals surface area (Å²) >= 11 is 0. The fraction of sp³-hybridized carbons (Fsp3) is 0.0698. The Kier molecular flexibility index (Phi) is 5.49. The minimum absolute atomic E-state index is 0.173. The monoisotopic (exact) mass is 579 g/mol. The molecule has 0 amide bonds. The van der Waals surface area contributed by atoms with Gasteiger partial charge in [0.15, 0.2) is 5.82 Å². The SMILES string of the molecule is CC1(C)c2ccccc2-c2ccc(N(c3ccc4ccccc4c3)c3ccc4c5ccccc5c5ccccc5c4c3F)cc21. The molecule has 0 saturated carbocycles. The van der Waals surface area contributed by atoms with Crippen LogP contribution in [-0.4, -0.2) is 0 Å². The molecule has 0 spiro atoms. The lowest BCUT2D eigenvalue weighted by atomic mass is 9.82. The Morgan fingerprint density at radius 3 is 1.80 bits per heavy atom. The molecule has 0 atom stereocenters. The van der Waals surface area contributed by atoms with Crippen molar-refractivity contribution in [1.82, 2.24) is 0 Å². The predicted molar refractivity (Wildman–Crippen MR) is 189 cm³/mol. The smallest absolute Gasteiger partial charge is 0.155 e. The fourth-order valence-corrected chi connectivity index (χ4v) is 7.69. The maximum absolute atomic E-state index is 17.5. The third kappa shape index (κ3) is 3.72. The van der Waals surface area contributed by atoms with Crippen LogP contribution in [0, 0.1) is 5.82 Å². The van der Waals surface area contributed by atoms with Crippen molar-refractivity contribution < 1.29 is 4.39 Å². The average molecular weight is 580 g/mol. The van der Waals surface area contributed by atoms with Crippen LogP contribution >= 0.6 is 0 Å². The predicted octanol–water partition coefficient (Wildman–Crippen LogP) is 12.2. The van der Waals surface area contributed by atoms with Crippen molar-refractivity contribution >= 4 is 60.2 Å². The largest absolute Gasteiger partial charge is 0.308 e. The van der Waals surface area contributed by atoms with Crippen molar-refractivity contribution in [2.45, 2.75) is 19.3 Å². The molecule has 2 heteroatoms. The topological polar surface area (TPSA) is 3.24 Å². The van der Waals surface area contributed by atoms with Crippen LogP contribution in [0.3, 0.4) is 0 Å². The van der Waals surface area contributed by atoms with Gasteiger partial charge >= 0.3 is 0 Å². The summed E-state index contributed by atoms with van der Waals surface area (Å²) in [6.07, 6.45) is 0. The molecule has 0 fully saturated rings. The summed E-state index contributed by atoms with van der Waals surface area (Å²) in [4.78, 5) is 2.10. The molecular formula is C43H30FN. The van der Waals surface area contributed by atoms with Crippen LogP contribution in [0.1, 0.15) is 25.0 Å². The van der Waals surface area contributed by atoms with Gasteiger partial charge in [0.2, 0.25) is 0 Å². The van der Waals surface area contributed by atoms with Crippen LogP contribution in [-0.2, 0) is 5.41 Å². The lowest BCUT2D eigenvalue weighted by molar-refractivity contribution is 0.641. The Labute approximate surface area is 261 Å². The Hall–Kier alpha value is -5.47. The van der Waals surface area contributed by atoms with Crippen LogP contribution in [0.25, 0.3) is 54.2 Å². The zero-order valence-corrected chi connectivity index (χ0v) is 25.2. The summed E-state index contributed by atoms with van der Waals surface area (Å²) in [7, 11) is 0. The van der Waals surface area contributed by atoms with Gasteiger partial charge in [-0.25, -0.2) is 4.39 Å². The van der Waals surface area contributed by atoms with E-state index in [0.29, 0.717) is 11.1 Å². The molecule has 0 saturated heterocycles. The number of benzene rings is 8. The standard InChI is InChI=1S/C43H30FN/c1-43(2)38-18-10-9-16-34(38)35-22-21-30(26-39(35)43)45(29-20-19-27-11-3-4-12-28(27)25-29)40-24-23-37-33-15-6-5-13-31(33)32-14-7-8-17-36(32)41(37)42(40)44/h3-26H,1-2H3. The highest BCUT2D eigenvalue weighted by Crippen LogP contribution is 2.51. The molecule has 0 aliphatic heterocycles. The maximum atomic E-state index is 17.5. The third-order valence-corrected chi connectivity index (χ3v) is 9.88. The van der Waals surface area contributed by atoms with Gasteiger partial charge in [0.05, 0.1) is 5.69 Å². The molecule has 0 heterocycles. The molecule has 8 aromatic rings. The highest BCUT2D eigenvalue weighted by Gasteiger charge is 2.36. The van der Waals surface area contributed by atoms with Gasteiger partial charge in [-0.3, -0.25) is 0 Å². The van der Waals surface area contributed by atoms with E-state index in [-0.39, 0.29) is 11.2 Å². The van der Waals surface area contributed by atoms with Crippen LogP contribution in [0.2, 0.25) is 0 Å². The van der Waals surface area contributed by atoms with Crippen molar-refractivity contribution in [3.05, 3.63) is 163 Å². The molecule has 0 aromatic heterocycles. The number of hydrogen-bond acceptors (Lipinski definition) is 1. The number of anilines is 3. The summed E-state index contributed by atoms with van der Waals surface area (Å²) in [5, 5.41) is 8.04. The Bertz CT molecular complexity index is 2450. The van der Waals surface area contributed by atoms with Gasteiger partial charge in [-0.1, -0.05) is 129 Å². The molecule has 0 N–H and O–H groups in total. The summed E-state index contributed by atoms with van der Waals surface area (Å²) in [5.74, 6) is -0.217. The van der Waals surface area contributed by atoms with Crippen LogP contribution in [0.15, 0.2) is 146 Å². The summed E-state index contributed by atoms with van der Waals surface area (Å²) in [6, 6.07) is 50.6. The first-order chi connectivity index (χ1) is 22.0. The molecular weight excluding hydrogens is 549 g/mol. The molecule has 8 aromatic carbocycles. The molecule has 1 aliphatic carbocycles. The van der Waals surface area contributed by atoms with Gasteiger partial charge in [0, 0.05) is 22.2 Å². The molecule has 1 nitrogen and oxygen atoms in total. The van der Waals surface area contributed by atoms with Gasteiger partial charge in [-0.15, -0.1) is 0 Å². The highest BCUT2D eigenvalue weighted by molar-refractivity contribution is 6.26. The Balaban J connectivity index is 1.34. The summed E-state index contributed by atoms with van der Waals surface area (Å²) in [5.41, 5.74) is 7.32. The summed E-state index contributed by atoms with van der Waals surface area (Å²) < 4.78 is 17.5. The zero-order valence-electron chi connectivity index (χ0n) is 25.2. The second-order valence-electron chi connectivity index (χ2n) is 12.7. The van der Waals surface area contributed by atoms with Crippen molar-refractivity contribution in [3.8, 4) is 11.1 Å². The normalized spacial score (nSPS) is 13.4. The summed E-state index contributed by atoms with van der Waals surface area (Å²) in [6.45, 7) is 4.57. The van der Waals surface area contributed by atoms with Crippen molar-refractivity contribution in [3.63, 3.8) is 0 Å². The number of hydrogen-bond donors (Lipinski definition) is 0. The third-order valence-electron chi connectivity index (χ3n) is 9.88. The van der Waals surface area contributed by atoms with Gasteiger partial charge in [-0.05, 0) is 90.3 Å². The first-order valence-electron chi connectivity index (χ1n) is 15.6. The Morgan fingerprint density at radius 2 is 1.02 bits per heavy atom. The Morgan fingerprint density at radius 1 is 0.467 bits per heavy atom. The zero-order chi connectivity index (χ0) is 30.3. The maximum Gasteiger partial charge on any atom is 0.155 e. The molecule has 9 rings (SSSR count). The lowest BCUT2D eigenvalue weighted by Gasteiger charge is -2.29. The first kappa shape index (κ1) is 26.0. The second kappa shape index (κ2) is 9.51. The van der Waals surface area contributed by atoms with E-state index in [0.717, 1.165) is 49.1 Å². The molecule has 0 radical (unpaired) electrons. The molecule has 1 aliphatic rings. The van der Waals surface area contributed by atoms with E-state index in [4.69, 9.17) is 0 Å². The highest BCUT2D eigenvalue weighted by atomic mass is 19.1. The number of nitrogens with zero attached hydrogens (tertiary/aromatic N) is 1. The number of rotatable bonds is 3. The van der Waals surface area contributed by atoms with Crippen molar-refractivity contribution in [1.29, 1.82) is 0 Å². The minimum Gasteiger partial charge on any atom is -0.308 e. The van der Waals surface area contributed by atoms with Gasteiger partial charge in [0.25, 0.3) is 0 Å². The lowest BCUT2D eigenvalue weighted by Crippen LogP contribution is -2.17. The van der Waals surface area contributed by atoms with Crippen LogP contribution in [0.5, 0.6) is 0 Å². The van der Waals surface area contributed by atoms with Gasteiger partial charge in [0.1, 0.15) is 0 Å². The second-order valence-corrected chi connectivity index (χ2v) is 12.7. The van der Waals surface area contributed by atoms with E-state index in [2.05, 4.69) is 134 Å². The average Bonchev–Trinajstić information content (AvgIpc) is 3.31. The van der Waals surface area contributed by atoms with Gasteiger partial charge in [-0.2, -0.15) is 0 Å². The molecule has 45 heavy (non-hydrogen) atoms. The van der Waals surface area contributed by atoms with Gasteiger partial charge < -0.3 is 4.90 Å².